The van der Waals surface area contributed by atoms with Crippen LogP contribution in [0.1, 0.15) is 61.0 Å². The van der Waals surface area contributed by atoms with E-state index in [0.717, 1.165) is 28.4 Å². The number of ether oxygens (including phenoxy) is 1. The van der Waals surface area contributed by atoms with Gasteiger partial charge in [0.25, 0.3) is 0 Å². The quantitative estimate of drug-likeness (QED) is 0.632. The SMILES string of the molecule is Cc1nn2c([C@H]3CN(C(=O)CC4CCCC4)CCO3)ccnc2c1Cn1ccnc1C. The summed E-state index contributed by atoms with van der Waals surface area (Å²) in [6.45, 7) is 6.46. The summed E-state index contributed by atoms with van der Waals surface area (Å²) in [7, 11) is 0. The highest BCUT2D eigenvalue weighted by Gasteiger charge is 2.30. The zero-order valence-electron chi connectivity index (χ0n) is 18.3. The molecule has 1 aliphatic carbocycles. The third-order valence-electron chi connectivity index (χ3n) is 6.78. The van der Waals surface area contributed by atoms with Crippen molar-refractivity contribution in [3.8, 4) is 0 Å². The number of aryl methyl sites for hydroxylation is 2. The molecule has 164 valence electrons. The van der Waals surface area contributed by atoms with Crippen molar-refractivity contribution in [2.75, 3.05) is 19.7 Å². The van der Waals surface area contributed by atoms with Crippen LogP contribution in [0, 0.1) is 19.8 Å². The Hall–Kier alpha value is -2.74. The third-order valence-corrected chi connectivity index (χ3v) is 6.78. The lowest BCUT2D eigenvalue weighted by Crippen LogP contribution is -2.43. The summed E-state index contributed by atoms with van der Waals surface area (Å²) in [4.78, 5) is 23.8. The van der Waals surface area contributed by atoms with E-state index >= 15 is 0 Å². The Labute approximate surface area is 182 Å². The lowest BCUT2D eigenvalue weighted by atomic mass is 10.0. The van der Waals surface area contributed by atoms with Gasteiger partial charge >= 0.3 is 0 Å². The number of nitrogens with zero attached hydrogens (tertiary/aromatic N) is 6. The van der Waals surface area contributed by atoms with Crippen molar-refractivity contribution in [1.29, 1.82) is 0 Å². The Balaban J connectivity index is 1.38. The monoisotopic (exact) mass is 422 g/mol. The smallest absolute Gasteiger partial charge is 0.223 e. The minimum absolute atomic E-state index is 0.200. The molecular formula is C23H30N6O2. The Morgan fingerprint density at radius 1 is 1.19 bits per heavy atom. The molecule has 1 atom stereocenters. The van der Waals surface area contributed by atoms with Crippen molar-refractivity contribution in [3.63, 3.8) is 0 Å². The number of amides is 1. The number of carbonyl (C=O) groups excluding carboxylic acids is 1. The highest BCUT2D eigenvalue weighted by atomic mass is 16.5. The van der Waals surface area contributed by atoms with Crippen molar-refractivity contribution >= 4 is 11.6 Å². The molecule has 1 amide bonds. The molecule has 0 N–H and O–H groups in total. The first-order chi connectivity index (χ1) is 15.1. The average molecular weight is 423 g/mol. The Morgan fingerprint density at radius 3 is 2.81 bits per heavy atom. The fraction of sp³-hybridized carbons (Fsp3) is 0.565. The van der Waals surface area contributed by atoms with Crippen molar-refractivity contribution in [2.24, 2.45) is 5.92 Å². The van der Waals surface area contributed by atoms with Crippen molar-refractivity contribution in [1.82, 2.24) is 29.0 Å². The molecule has 4 heterocycles. The first-order valence-corrected chi connectivity index (χ1v) is 11.3. The fourth-order valence-corrected chi connectivity index (χ4v) is 4.93. The maximum atomic E-state index is 12.9. The van der Waals surface area contributed by atoms with Crippen LogP contribution in [0.5, 0.6) is 0 Å². The van der Waals surface area contributed by atoms with Gasteiger partial charge in [0.2, 0.25) is 5.91 Å². The summed E-state index contributed by atoms with van der Waals surface area (Å²) < 4.78 is 10.1. The predicted molar refractivity (Wildman–Crippen MR) is 116 cm³/mol. The summed E-state index contributed by atoms with van der Waals surface area (Å²) in [6, 6.07) is 1.96. The van der Waals surface area contributed by atoms with E-state index < -0.39 is 0 Å². The normalized spacial score (nSPS) is 20.1. The van der Waals surface area contributed by atoms with Gasteiger partial charge < -0.3 is 14.2 Å². The van der Waals surface area contributed by atoms with Crippen LogP contribution in [0.15, 0.2) is 24.7 Å². The number of carbonyl (C=O) groups is 1. The molecule has 1 aliphatic heterocycles. The molecule has 5 rings (SSSR count). The molecule has 1 saturated carbocycles. The number of imidazole rings is 1. The Kier molecular flexibility index (Phi) is 5.48. The average Bonchev–Trinajstić information content (AvgIpc) is 3.50. The summed E-state index contributed by atoms with van der Waals surface area (Å²) >= 11 is 0. The molecule has 3 aromatic heterocycles. The molecule has 8 nitrogen and oxygen atoms in total. The topological polar surface area (TPSA) is 77.5 Å². The van der Waals surface area contributed by atoms with Gasteiger partial charge in [-0.1, -0.05) is 12.8 Å². The summed E-state index contributed by atoms with van der Waals surface area (Å²) in [5, 5.41) is 4.79. The van der Waals surface area contributed by atoms with Gasteiger partial charge in [0, 0.05) is 37.1 Å². The van der Waals surface area contributed by atoms with E-state index in [-0.39, 0.29) is 12.0 Å². The summed E-state index contributed by atoms with van der Waals surface area (Å²) in [5.74, 6) is 1.78. The van der Waals surface area contributed by atoms with Gasteiger partial charge in [-0.2, -0.15) is 5.10 Å². The minimum Gasteiger partial charge on any atom is -0.368 e. The van der Waals surface area contributed by atoms with Gasteiger partial charge in [-0.3, -0.25) is 4.79 Å². The molecule has 0 unspecified atom stereocenters. The second-order valence-electron chi connectivity index (χ2n) is 8.83. The highest BCUT2D eigenvalue weighted by Crippen LogP contribution is 2.30. The standard InChI is InChI=1S/C23H30N6O2/c1-16-19(14-27-10-9-24-17(27)2)23-25-8-7-20(29(23)26-16)21-15-28(11-12-31-21)22(30)13-18-5-3-4-6-18/h7-10,18,21H,3-6,11-15H2,1-2H3/t21-/m1/s1. The van der Waals surface area contributed by atoms with Crippen LogP contribution in [-0.2, 0) is 16.1 Å². The van der Waals surface area contributed by atoms with Crippen LogP contribution in [-0.4, -0.2) is 54.7 Å². The van der Waals surface area contributed by atoms with Crippen LogP contribution in [0.2, 0.25) is 0 Å². The number of hydrogen-bond donors (Lipinski definition) is 0. The molecule has 1 saturated heterocycles. The number of rotatable bonds is 5. The van der Waals surface area contributed by atoms with Gasteiger partial charge in [-0.05, 0) is 38.7 Å². The van der Waals surface area contributed by atoms with Crippen molar-refractivity contribution in [3.05, 3.63) is 47.4 Å². The minimum atomic E-state index is -0.200. The van der Waals surface area contributed by atoms with E-state index in [1.54, 1.807) is 0 Å². The molecule has 0 radical (unpaired) electrons. The lowest BCUT2D eigenvalue weighted by molar-refractivity contribution is -0.140. The number of fused-ring (bicyclic) bond motifs is 1. The van der Waals surface area contributed by atoms with Crippen LogP contribution in [0.25, 0.3) is 5.65 Å². The molecule has 2 fully saturated rings. The molecule has 3 aromatic rings. The van der Waals surface area contributed by atoms with Gasteiger partial charge in [0.1, 0.15) is 11.9 Å². The molecular weight excluding hydrogens is 392 g/mol. The Bertz CT molecular complexity index is 1080. The molecule has 2 aliphatic rings. The van der Waals surface area contributed by atoms with E-state index in [9.17, 15) is 4.79 Å². The Morgan fingerprint density at radius 2 is 2.03 bits per heavy atom. The first kappa shape index (κ1) is 20.2. The van der Waals surface area contributed by atoms with Crippen LogP contribution < -0.4 is 0 Å². The molecule has 0 spiro atoms. The maximum Gasteiger partial charge on any atom is 0.223 e. The molecule has 31 heavy (non-hydrogen) atoms. The molecule has 0 aromatic carbocycles. The number of morpholine rings is 1. The second-order valence-corrected chi connectivity index (χ2v) is 8.83. The van der Waals surface area contributed by atoms with E-state index in [1.807, 2.05) is 47.9 Å². The van der Waals surface area contributed by atoms with E-state index in [1.165, 1.54) is 25.7 Å². The summed E-state index contributed by atoms with van der Waals surface area (Å²) in [6.07, 6.45) is 11.0. The van der Waals surface area contributed by atoms with E-state index in [2.05, 4.69) is 14.5 Å². The molecule has 0 bridgehead atoms. The zero-order chi connectivity index (χ0) is 21.4. The summed E-state index contributed by atoms with van der Waals surface area (Å²) in [5.41, 5.74) is 3.80. The third kappa shape index (κ3) is 3.96. The number of hydrogen-bond acceptors (Lipinski definition) is 5. The van der Waals surface area contributed by atoms with Gasteiger partial charge in [0.05, 0.1) is 31.1 Å². The molecule has 8 heteroatoms. The predicted octanol–water partition coefficient (Wildman–Crippen LogP) is 3.07. The lowest BCUT2D eigenvalue weighted by Gasteiger charge is -2.33. The maximum absolute atomic E-state index is 12.9. The van der Waals surface area contributed by atoms with Gasteiger partial charge in [-0.25, -0.2) is 14.5 Å². The largest absolute Gasteiger partial charge is 0.368 e. The van der Waals surface area contributed by atoms with Crippen molar-refractivity contribution in [2.45, 2.75) is 58.6 Å². The van der Waals surface area contributed by atoms with E-state index in [0.29, 0.717) is 38.6 Å². The van der Waals surface area contributed by atoms with Crippen LogP contribution >= 0.6 is 0 Å². The van der Waals surface area contributed by atoms with E-state index in [4.69, 9.17) is 9.84 Å². The highest BCUT2D eigenvalue weighted by molar-refractivity contribution is 5.76. The van der Waals surface area contributed by atoms with Crippen LogP contribution in [0.3, 0.4) is 0 Å². The number of aromatic nitrogens is 5. The fourth-order valence-electron chi connectivity index (χ4n) is 4.93. The van der Waals surface area contributed by atoms with Crippen LogP contribution in [0.4, 0.5) is 0 Å². The second kappa shape index (κ2) is 8.42. The zero-order valence-corrected chi connectivity index (χ0v) is 18.3. The first-order valence-electron chi connectivity index (χ1n) is 11.3. The van der Waals surface area contributed by atoms with Crippen molar-refractivity contribution < 1.29 is 9.53 Å². The van der Waals surface area contributed by atoms with Gasteiger partial charge in [-0.15, -0.1) is 0 Å². The van der Waals surface area contributed by atoms with Gasteiger partial charge in [0.15, 0.2) is 5.65 Å².